The van der Waals surface area contributed by atoms with Gasteiger partial charge >= 0.3 is 5.97 Å². The minimum atomic E-state index is -3.85. The van der Waals surface area contributed by atoms with E-state index in [1.54, 1.807) is 12.1 Å². The van der Waals surface area contributed by atoms with Gasteiger partial charge < -0.3 is 15.2 Å². The van der Waals surface area contributed by atoms with Crippen LogP contribution in [0.1, 0.15) is 27.9 Å². The summed E-state index contributed by atoms with van der Waals surface area (Å²) in [5.74, 6) is -0.661. The summed E-state index contributed by atoms with van der Waals surface area (Å²) in [5.41, 5.74) is 2.76. The molecule has 0 unspecified atom stereocenters. The zero-order valence-corrected chi connectivity index (χ0v) is 19.8. The molecule has 0 amide bonds. The molecule has 0 saturated heterocycles. The van der Waals surface area contributed by atoms with Crippen LogP contribution >= 0.6 is 23.2 Å². The highest BCUT2D eigenvalue weighted by atomic mass is 35.5. The van der Waals surface area contributed by atoms with Crippen molar-refractivity contribution in [2.24, 2.45) is 0 Å². The Balaban J connectivity index is 1.55. The van der Waals surface area contributed by atoms with Gasteiger partial charge in [0.15, 0.2) is 11.5 Å². The van der Waals surface area contributed by atoms with E-state index in [4.69, 9.17) is 27.9 Å². The van der Waals surface area contributed by atoms with Gasteiger partial charge in [0.1, 0.15) is 0 Å². The molecule has 7 nitrogen and oxygen atoms in total. The maximum Gasteiger partial charge on any atom is 0.338 e. The largest absolute Gasteiger partial charge is 0.478 e. The van der Waals surface area contributed by atoms with E-state index < -0.39 is 16.0 Å². The molecule has 3 aromatic carbocycles. The molecule has 0 fully saturated rings. The van der Waals surface area contributed by atoms with Crippen molar-refractivity contribution in [2.45, 2.75) is 24.2 Å². The number of carboxylic acids is 1. The van der Waals surface area contributed by atoms with Gasteiger partial charge in [-0.2, -0.15) is 0 Å². The molecule has 1 aliphatic rings. The third-order valence-electron chi connectivity index (χ3n) is 5.32. The van der Waals surface area contributed by atoms with Gasteiger partial charge in [-0.1, -0.05) is 35.3 Å². The predicted molar refractivity (Wildman–Crippen MR) is 128 cm³/mol. The molecule has 33 heavy (non-hydrogen) atoms. The lowest BCUT2D eigenvalue weighted by Gasteiger charge is -2.24. The van der Waals surface area contributed by atoms with Gasteiger partial charge in [0.25, 0.3) is 0 Å². The SMILES string of the molecule is CNS(=O)(=O)c1cc2c(c(C(=O)O)c1)Nc1cc(CCCc3ccc(Cl)c(Cl)c3)ccc1O2. The Hall–Kier alpha value is -2.78. The van der Waals surface area contributed by atoms with E-state index in [0.29, 0.717) is 21.5 Å². The fourth-order valence-electron chi connectivity index (χ4n) is 3.61. The predicted octanol–water partition coefficient (Wildman–Crippen LogP) is 5.62. The van der Waals surface area contributed by atoms with E-state index in [2.05, 4.69) is 10.0 Å². The highest BCUT2D eigenvalue weighted by Crippen LogP contribution is 2.45. The van der Waals surface area contributed by atoms with E-state index in [9.17, 15) is 18.3 Å². The number of hydrogen-bond donors (Lipinski definition) is 3. The summed E-state index contributed by atoms with van der Waals surface area (Å²) >= 11 is 12.0. The number of aryl methyl sites for hydroxylation is 2. The highest BCUT2D eigenvalue weighted by Gasteiger charge is 2.26. The number of fused-ring (bicyclic) bond motifs is 2. The molecule has 3 N–H and O–H groups in total. The number of hydrogen-bond acceptors (Lipinski definition) is 5. The first-order valence-corrected chi connectivity index (χ1v) is 12.3. The molecule has 0 bridgehead atoms. The van der Waals surface area contributed by atoms with Crippen LogP contribution in [0.5, 0.6) is 11.5 Å². The first kappa shape index (κ1) is 23.4. The van der Waals surface area contributed by atoms with E-state index in [1.807, 2.05) is 24.3 Å². The molecule has 0 radical (unpaired) electrons. The summed E-state index contributed by atoms with van der Waals surface area (Å²) in [6.07, 6.45) is 2.49. The van der Waals surface area contributed by atoms with Crippen LogP contribution in [0, 0.1) is 0 Å². The number of nitrogens with one attached hydrogen (secondary N) is 2. The van der Waals surface area contributed by atoms with Crippen LogP contribution in [-0.4, -0.2) is 26.5 Å². The van der Waals surface area contributed by atoms with Crippen molar-refractivity contribution >= 4 is 50.6 Å². The lowest BCUT2D eigenvalue weighted by molar-refractivity contribution is 0.0697. The molecule has 3 aromatic rings. The first-order valence-electron chi connectivity index (χ1n) is 10.0. The van der Waals surface area contributed by atoms with Gasteiger partial charge in [0.05, 0.1) is 31.9 Å². The number of aromatic carboxylic acids is 1. The molecule has 0 aliphatic carbocycles. The Labute approximate surface area is 201 Å². The summed E-state index contributed by atoms with van der Waals surface area (Å²) in [4.78, 5) is 11.6. The van der Waals surface area contributed by atoms with Crippen molar-refractivity contribution in [3.63, 3.8) is 0 Å². The van der Waals surface area contributed by atoms with Crippen molar-refractivity contribution in [1.82, 2.24) is 4.72 Å². The van der Waals surface area contributed by atoms with Crippen LogP contribution in [0.4, 0.5) is 11.4 Å². The normalized spacial score (nSPS) is 12.3. The van der Waals surface area contributed by atoms with Gasteiger partial charge in [0.2, 0.25) is 10.0 Å². The maximum absolute atomic E-state index is 12.2. The molecule has 1 heterocycles. The monoisotopic (exact) mass is 506 g/mol. The summed E-state index contributed by atoms with van der Waals surface area (Å²) < 4.78 is 32.4. The lowest BCUT2D eigenvalue weighted by Crippen LogP contribution is -2.20. The number of ether oxygens (including phenoxy) is 1. The second kappa shape index (κ2) is 9.23. The minimum absolute atomic E-state index is 0.128. The Morgan fingerprint density at radius 1 is 1.00 bits per heavy atom. The Morgan fingerprint density at radius 3 is 2.36 bits per heavy atom. The topological polar surface area (TPSA) is 105 Å². The number of anilines is 2. The summed E-state index contributed by atoms with van der Waals surface area (Å²) in [7, 11) is -2.59. The van der Waals surface area contributed by atoms with E-state index in [1.165, 1.54) is 13.1 Å². The van der Waals surface area contributed by atoms with E-state index >= 15 is 0 Å². The number of sulfonamides is 1. The van der Waals surface area contributed by atoms with E-state index in [0.717, 1.165) is 36.5 Å². The molecule has 0 spiro atoms. The van der Waals surface area contributed by atoms with Gasteiger partial charge in [-0.3, -0.25) is 0 Å². The Bertz CT molecular complexity index is 1360. The molecular formula is C23H20Cl2N2O5S. The number of carbonyl (C=O) groups is 1. The third kappa shape index (κ3) is 4.94. The van der Waals surface area contributed by atoms with Crippen LogP contribution in [0.2, 0.25) is 10.0 Å². The van der Waals surface area contributed by atoms with Crippen LogP contribution < -0.4 is 14.8 Å². The van der Waals surface area contributed by atoms with Crippen LogP contribution in [0.25, 0.3) is 0 Å². The maximum atomic E-state index is 12.2. The molecule has 4 rings (SSSR count). The van der Waals surface area contributed by atoms with Gasteiger partial charge in [-0.25, -0.2) is 17.9 Å². The van der Waals surface area contributed by atoms with Gasteiger partial charge in [-0.15, -0.1) is 0 Å². The Kier molecular flexibility index (Phi) is 6.54. The fraction of sp³-hybridized carbons (Fsp3) is 0.174. The first-order chi connectivity index (χ1) is 15.7. The molecule has 0 saturated carbocycles. The molecule has 10 heteroatoms. The summed E-state index contributed by atoms with van der Waals surface area (Å²) in [5, 5.41) is 13.8. The third-order valence-corrected chi connectivity index (χ3v) is 7.46. The number of halogens is 2. The zero-order chi connectivity index (χ0) is 23.8. The molecule has 172 valence electrons. The Morgan fingerprint density at radius 2 is 1.70 bits per heavy atom. The minimum Gasteiger partial charge on any atom is -0.478 e. The van der Waals surface area contributed by atoms with Crippen molar-refractivity contribution in [1.29, 1.82) is 0 Å². The summed E-state index contributed by atoms with van der Waals surface area (Å²) in [6, 6.07) is 13.6. The lowest BCUT2D eigenvalue weighted by atomic mass is 10.0. The molecule has 0 aromatic heterocycles. The van der Waals surface area contributed by atoms with Crippen molar-refractivity contribution in [2.75, 3.05) is 12.4 Å². The standard InChI is InChI=1S/C23H20Cl2N2O5S/c1-26-33(30,31)15-11-16(23(28)29)22-21(12-15)32-20-8-6-14(10-19(20)27-22)4-2-3-13-5-7-17(24)18(25)9-13/h5-12,26-27H,2-4H2,1H3,(H,28,29). The van der Waals surface area contributed by atoms with Gasteiger partial charge in [0, 0.05) is 6.07 Å². The zero-order valence-electron chi connectivity index (χ0n) is 17.5. The quantitative estimate of drug-likeness (QED) is 0.300. The molecule has 0 atom stereocenters. The van der Waals surface area contributed by atoms with Crippen molar-refractivity contribution in [3.05, 3.63) is 75.3 Å². The van der Waals surface area contributed by atoms with Crippen molar-refractivity contribution < 1.29 is 23.1 Å². The van der Waals surface area contributed by atoms with Crippen LogP contribution in [0.15, 0.2) is 53.4 Å². The summed E-state index contributed by atoms with van der Waals surface area (Å²) in [6.45, 7) is 0. The second-order valence-electron chi connectivity index (χ2n) is 7.52. The number of benzene rings is 3. The number of rotatable bonds is 7. The highest BCUT2D eigenvalue weighted by molar-refractivity contribution is 7.89. The molecular weight excluding hydrogens is 487 g/mol. The smallest absolute Gasteiger partial charge is 0.338 e. The van der Waals surface area contributed by atoms with Crippen molar-refractivity contribution in [3.8, 4) is 11.5 Å². The van der Waals surface area contributed by atoms with Crippen LogP contribution in [0.3, 0.4) is 0 Å². The average Bonchev–Trinajstić information content (AvgIpc) is 2.79. The second-order valence-corrected chi connectivity index (χ2v) is 10.2. The van der Waals surface area contributed by atoms with Crippen LogP contribution in [-0.2, 0) is 22.9 Å². The average molecular weight is 507 g/mol. The molecule has 1 aliphatic heterocycles. The fourth-order valence-corrected chi connectivity index (χ4v) is 4.70. The van der Waals surface area contributed by atoms with Gasteiger partial charge in [-0.05, 0) is 67.8 Å². The van der Waals surface area contributed by atoms with E-state index in [-0.39, 0.29) is 21.9 Å². The number of carboxylic acid groups (broad SMARTS) is 1.